The molecule has 0 fully saturated rings. The Hall–Kier alpha value is -7.44. The Morgan fingerprint density at radius 1 is 0.382 bits per heavy atom. The minimum absolute atomic E-state index is 0.0386. The number of hydrogen-bond acceptors (Lipinski definition) is 6. The molecule has 1 aliphatic rings. The van der Waals surface area contributed by atoms with E-state index in [1.54, 1.807) is 24.3 Å². The minimum atomic E-state index is -0.754. The van der Waals surface area contributed by atoms with Gasteiger partial charge in [-0.3, -0.25) is 0 Å². The van der Waals surface area contributed by atoms with Crippen molar-refractivity contribution in [3.8, 4) is 67.9 Å². The van der Waals surface area contributed by atoms with Gasteiger partial charge in [-0.25, -0.2) is 0 Å². The molecule has 266 valence electrons. The van der Waals surface area contributed by atoms with Crippen molar-refractivity contribution >= 4 is 11.4 Å². The number of nitrogens with two attached hydrogens (primary N) is 2. The summed E-state index contributed by atoms with van der Waals surface area (Å²) in [4.78, 5) is 0. The van der Waals surface area contributed by atoms with Gasteiger partial charge in [0.05, 0.1) is 16.8 Å². The summed E-state index contributed by atoms with van der Waals surface area (Å²) in [6.07, 6.45) is 0. The third kappa shape index (κ3) is 5.77. The predicted molar refractivity (Wildman–Crippen MR) is 220 cm³/mol. The van der Waals surface area contributed by atoms with Crippen LogP contribution in [0.15, 0.2) is 182 Å². The number of ether oxygens (including phenoxy) is 2. The minimum Gasteiger partial charge on any atom is -0.506 e. The molecule has 0 heterocycles. The van der Waals surface area contributed by atoms with Crippen LogP contribution in [0.2, 0.25) is 0 Å². The summed E-state index contributed by atoms with van der Waals surface area (Å²) < 4.78 is 13.0. The van der Waals surface area contributed by atoms with Gasteiger partial charge in [0.15, 0.2) is 0 Å². The van der Waals surface area contributed by atoms with Gasteiger partial charge in [0, 0.05) is 23.3 Å². The fourth-order valence-electron chi connectivity index (χ4n) is 7.84. The van der Waals surface area contributed by atoms with Crippen molar-refractivity contribution in [1.82, 2.24) is 0 Å². The molecule has 9 rings (SSSR count). The van der Waals surface area contributed by atoms with Gasteiger partial charge < -0.3 is 31.2 Å². The maximum absolute atomic E-state index is 10.4. The predicted octanol–water partition coefficient (Wildman–Crippen LogP) is 11.5. The Morgan fingerprint density at radius 2 is 0.782 bits per heavy atom. The second-order valence-electron chi connectivity index (χ2n) is 13.6. The van der Waals surface area contributed by atoms with Crippen molar-refractivity contribution < 1.29 is 19.7 Å². The summed E-state index contributed by atoms with van der Waals surface area (Å²) in [5.41, 5.74) is 22.1. The van der Waals surface area contributed by atoms with Gasteiger partial charge in [0.25, 0.3) is 0 Å². The Labute approximate surface area is 319 Å². The molecular formula is C49H36N2O4. The van der Waals surface area contributed by atoms with Crippen molar-refractivity contribution in [3.05, 3.63) is 204 Å². The monoisotopic (exact) mass is 716 g/mol. The fraction of sp³-hybridized carbons (Fsp3) is 0.0204. The van der Waals surface area contributed by atoms with Gasteiger partial charge in [-0.15, -0.1) is 0 Å². The van der Waals surface area contributed by atoms with Crippen LogP contribution in [0.25, 0.3) is 33.4 Å². The maximum Gasteiger partial charge on any atom is 0.142 e. The van der Waals surface area contributed by atoms with Crippen LogP contribution in [-0.2, 0) is 5.41 Å². The number of aromatic hydroxyl groups is 2. The smallest absolute Gasteiger partial charge is 0.142 e. The molecule has 0 aliphatic heterocycles. The van der Waals surface area contributed by atoms with E-state index in [9.17, 15) is 10.2 Å². The summed E-state index contributed by atoms with van der Waals surface area (Å²) in [7, 11) is 0. The van der Waals surface area contributed by atoms with Gasteiger partial charge in [-0.1, -0.05) is 121 Å². The van der Waals surface area contributed by atoms with Gasteiger partial charge in [-0.05, 0) is 93.0 Å². The molecule has 0 atom stereocenters. The van der Waals surface area contributed by atoms with Crippen LogP contribution < -0.4 is 20.9 Å². The van der Waals surface area contributed by atoms with Gasteiger partial charge in [0.1, 0.15) is 34.5 Å². The van der Waals surface area contributed by atoms with Crippen LogP contribution in [0.4, 0.5) is 11.4 Å². The summed E-state index contributed by atoms with van der Waals surface area (Å²) in [5.74, 6) is 2.14. The molecule has 1 aliphatic carbocycles. The molecule has 0 unspecified atom stereocenters. The number of phenolic OH excluding ortho intramolecular Hbond substituents is 2. The Balaban J connectivity index is 1.30. The molecule has 6 N–H and O–H groups in total. The third-order valence-electron chi connectivity index (χ3n) is 10.4. The van der Waals surface area contributed by atoms with Crippen molar-refractivity contribution in [2.24, 2.45) is 0 Å². The SMILES string of the molecule is Nc1ccc(Oc2ccc(C3(c4ccc(Oc5ccc(N)c(O)c5)c(-c5ccccc5)c4)c4ccccc4-c4ccccc43)cc2-c2ccccc2)cc1O. The van der Waals surface area contributed by atoms with E-state index in [1.165, 1.54) is 12.1 Å². The summed E-state index contributed by atoms with van der Waals surface area (Å²) in [5, 5.41) is 20.8. The summed E-state index contributed by atoms with van der Waals surface area (Å²) in [6.45, 7) is 0. The highest BCUT2D eigenvalue weighted by Gasteiger charge is 2.46. The topological polar surface area (TPSA) is 111 Å². The zero-order valence-corrected chi connectivity index (χ0v) is 29.7. The first-order valence-corrected chi connectivity index (χ1v) is 18.0. The van der Waals surface area contributed by atoms with Crippen LogP contribution in [-0.4, -0.2) is 10.2 Å². The second-order valence-corrected chi connectivity index (χ2v) is 13.6. The molecule has 0 radical (unpaired) electrons. The zero-order valence-electron chi connectivity index (χ0n) is 29.7. The molecule has 8 aromatic rings. The van der Waals surface area contributed by atoms with Gasteiger partial charge >= 0.3 is 0 Å². The van der Waals surface area contributed by atoms with Gasteiger partial charge in [-0.2, -0.15) is 0 Å². The summed E-state index contributed by atoms with van der Waals surface area (Å²) in [6, 6.07) is 60.2. The average Bonchev–Trinajstić information content (AvgIpc) is 3.53. The lowest BCUT2D eigenvalue weighted by atomic mass is 9.67. The Morgan fingerprint density at radius 3 is 1.20 bits per heavy atom. The third-order valence-corrected chi connectivity index (χ3v) is 10.4. The van der Waals surface area contributed by atoms with Crippen LogP contribution in [0.3, 0.4) is 0 Å². The molecule has 0 saturated heterocycles. The highest BCUT2D eigenvalue weighted by Crippen LogP contribution is 2.57. The quantitative estimate of drug-likeness (QED) is 0.0920. The molecule has 0 spiro atoms. The molecule has 0 amide bonds. The van der Waals surface area contributed by atoms with E-state index in [4.69, 9.17) is 20.9 Å². The summed E-state index contributed by atoms with van der Waals surface area (Å²) >= 11 is 0. The van der Waals surface area contributed by atoms with Crippen molar-refractivity contribution in [2.45, 2.75) is 5.41 Å². The first-order chi connectivity index (χ1) is 26.9. The van der Waals surface area contributed by atoms with Crippen LogP contribution >= 0.6 is 0 Å². The van der Waals surface area contributed by atoms with E-state index >= 15 is 0 Å². The Bertz CT molecular complexity index is 2520. The van der Waals surface area contributed by atoms with Gasteiger partial charge in [0.2, 0.25) is 0 Å². The van der Waals surface area contributed by atoms with Crippen molar-refractivity contribution in [3.63, 3.8) is 0 Å². The number of rotatable bonds is 8. The lowest BCUT2D eigenvalue weighted by Crippen LogP contribution is -2.28. The maximum atomic E-state index is 10.4. The number of phenols is 2. The lowest BCUT2D eigenvalue weighted by Gasteiger charge is -2.35. The lowest BCUT2D eigenvalue weighted by molar-refractivity contribution is 0.457. The van der Waals surface area contributed by atoms with E-state index in [2.05, 4.69) is 97.1 Å². The standard InChI is InChI=1S/C49H36N2O4/c50-43-23-21-35(29-45(43)52)54-47-25-19-33(27-39(47)31-11-3-1-4-12-31)49(41-17-9-7-15-37(41)38-16-8-10-18-42(38)49)34-20-26-48(40(28-34)32-13-5-2-6-14-32)55-36-22-24-44(51)46(53)30-36/h1-30,52-53H,50-51H2. The molecule has 55 heavy (non-hydrogen) atoms. The van der Waals surface area contributed by atoms with E-state index < -0.39 is 5.41 Å². The number of fused-ring (bicyclic) bond motifs is 3. The molecule has 8 aromatic carbocycles. The molecule has 6 heteroatoms. The Kier molecular flexibility index (Phi) is 8.21. The molecule has 0 aromatic heterocycles. The number of hydrogen-bond donors (Lipinski definition) is 4. The average molecular weight is 717 g/mol. The number of benzene rings is 8. The highest BCUT2D eigenvalue weighted by atomic mass is 16.5. The highest BCUT2D eigenvalue weighted by molar-refractivity contribution is 5.88. The van der Waals surface area contributed by atoms with Crippen LogP contribution in [0, 0.1) is 0 Å². The van der Waals surface area contributed by atoms with E-state index in [1.807, 2.05) is 48.5 Å². The van der Waals surface area contributed by atoms with E-state index in [-0.39, 0.29) is 22.9 Å². The fourth-order valence-corrected chi connectivity index (χ4v) is 7.84. The van der Waals surface area contributed by atoms with Crippen LogP contribution in [0.1, 0.15) is 22.3 Å². The van der Waals surface area contributed by atoms with E-state index in [0.717, 1.165) is 55.6 Å². The second kappa shape index (κ2) is 13.5. The van der Waals surface area contributed by atoms with Crippen molar-refractivity contribution in [2.75, 3.05) is 11.5 Å². The largest absolute Gasteiger partial charge is 0.506 e. The first kappa shape index (κ1) is 33.4. The molecule has 0 bridgehead atoms. The first-order valence-electron chi connectivity index (χ1n) is 18.0. The number of anilines is 2. The zero-order chi connectivity index (χ0) is 37.5. The molecule has 0 saturated carbocycles. The molecular weight excluding hydrogens is 681 g/mol. The molecule has 6 nitrogen and oxygen atoms in total. The van der Waals surface area contributed by atoms with Crippen molar-refractivity contribution in [1.29, 1.82) is 0 Å². The van der Waals surface area contributed by atoms with E-state index in [0.29, 0.717) is 23.0 Å². The van der Waals surface area contributed by atoms with Crippen LogP contribution in [0.5, 0.6) is 34.5 Å². The normalized spacial score (nSPS) is 12.4. The number of nitrogen functional groups attached to an aromatic ring is 2.